The second kappa shape index (κ2) is 5.42. The van der Waals surface area contributed by atoms with Gasteiger partial charge in [-0.2, -0.15) is 8.42 Å². The summed E-state index contributed by atoms with van der Waals surface area (Å²) in [6.45, 7) is 7.55. The molecule has 0 bridgehead atoms. The summed E-state index contributed by atoms with van der Waals surface area (Å²) < 4.78 is 35.6. The first-order valence-corrected chi connectivity index (χ1v) is 8.48. The summed E-state index contributed by atoms with van der Waals surface area (Å²) in [4.78, 5) is -0.0713. The van der Waals surface area contributed by atoms with Crippen molar-refractivity contribution in [2.24, 2.45) is 12.5 Å². The van der Waals surface area contributed by atoms with E-state index in [1.165, 1.54) is 12.1 Å². The predicted octanol–water partition coefficient (Wildman–Crippen LogP) is 2.54. The monoisotopic (exact) mass is 311 g/mol. The van der Waals surface area contributed by atoms with Crippen molar-refractivity contribution in [3.63, 3.8) is 0 Å². The molecule has 0 aliphatic rings. The molecule has 0 spiro atoms. The summed E-state index contributed by atoms with van der Waals surface area (Å²) in [5.41, 5.74) is 2.07. The summed E-state index contributed by atoms with van der Waals surface area (Å²) in [5, 5.41) is 0. The van der Waals surface area contributed by atoms with E-state index in [0.717, 1.165) is 30.4 Å². The Kier molecular flexibility index (Phi) is 4.13. The molecule has 2 aromatic rings. The van der Waals surface area contributed by atoms with Crippen LogP contribution in [0.2, 0.25) is 0 Å². The third-order valence-corrected chi connectivity index (χ3v) is 4.42. The van der Waals surface area contributed by atoms with Crippen LogP contribution in [-0.2, 0) is 23.7 Å². The van der Waals surface area contributed by atoms with Crippen molar-refractivity contribution >= 4 is 21.2 Å². The molecule has 0 aliphatic heterocycles. The van der Waals surface area contributed by atoms with Crippen LogP contribution in [0.5, 0.6) is 0 Å². The third-order valence-electron chi connectivity index (χ3n) is 3.57. The van der Waals surface area contributed by atoms with E-state index in [0.29, 0.717) is 5.41 Å². The molecular weight excluding hydrogens is 288 g/mol. The van der Waals surface area contributed by atoms with Gasteiger partial charge in [0.2, 0.25) is 6.33 Å². The van der Waals surface area contributed by atoms with Crippen LogP contribution in [0.1, 0.15) is 33.6 Å². The highest BCUT2D eigenvalue weighted by molar-refractivity contribution is 7.85. The highest BCUT2D eigenvalue weighted by Crippen LogP contribution is 2.21. The average Bonchev–Trinajstić information content (AvgIpc) is 2.63. The molecule has 1 aromatic carbocycles. The fraction of sp³-hybridized carbons (Fsp3) is 0.533. The Morgan fingerprint density at radius 3 is 2.52 bits per heavy atom. The molecule has 21 heavy (non-hydrogen) atoms. The summed E-state index contributed by atoms with van der Waals surface area (Å²) >= 11 is 0. The molecule has 0 atom stereocenters. The molecule has 1 N–H and O–H groups in total. The van der Waals surface area contributed by atoms with Gasteiger partial charge < -0.3 is 0 Å². The fourth-order valence-electron chi connectivity index (χ4n) is 2.48. The van der Waals surface area contributed by atoms with E-state index in [4.69, 9.17) is 4.55 Å². The zero-order valence-corrected chi connectivity index (χ0v) is 13.8. The van der Waals surface area contributed by atoms with Crippen molar-refractivity contribution < 1.29 is 17.5 Å². The third kappa shape index (κ3) is 3.83. The summed E-state index contributed by atoms with van der Waals surface area (Å²) in [6.07, 6.45) is 4.15. The minimum absolute atomic E-state index is 0.0713. The van der Waals surface area contributed by atoms with Gasteiger partial charge in [-0.1, -0.05) is 20.8 Å². The normalized spacial score (nSPS) is 13.0. The van der Waals surface area contributed by atoms with E-state index in [9.17, 15) is 8.42 Å². The summed E-state index contributed by atoms with van der Waals surface area (Å²) in [6, 6.07) is 4.69. The van der Waals surface area contributed by atoms with Gasteiger partial charge in [-0.15, -0.1) is 0 Å². The highest BCUT2D eigenvalue weighted by Gasteiger charge is 2.18. The maximum Gasteiger partial charge on any atom is 0.294 e. The maximum atomic E-state index is 11.2. The highest BCUT2D eigenvalue weighted by atomic mass is 32.2. The van der Waals surface area contributed by atoms with Crippen molar-refractivity contribution in [2.75, 3.05) is 0 Å². The number of hydrogen-bond acceptors (Lipinski definition) is 2. The van der Waals surface area contributed by atoms with Gasteiger partial charge >= 0.3 is 0 Å². The molecule has 1 heterocycles. The smallest absolute Gasteiger partial charge is 0.282 e. The fourth-order valence-corrected chi connectivity index (χ4v) is 2.98. The van der Waals surface area contributed by atoms with E-state index >= 15 is 0 Å². The zero-order valence-electron chi connectivity index (χ0n) is 13.0. The van der Waals surface area contributed by atoms with Gasteiger partial charge in [0, 0.05) is 6.07 Å². The molecule has 0 amide bonds. The van der Waals surface area contributed by atoms with Crippen molar-refractivity contribution in [3.05, 3.63) is 24.5 Å². The lowest BCUT2D eigenvalue weighted by Gasteiger charge is -2.16. The molecule has 0 aliphatic carbocycles. The molecule has 6 heteroatoms. The first-order valence-electron chi connectivity index (χ1n) is 7.04. The molecule has 2 rings (SSSR count). The standard InChI is InChI=1S/C15H22N2O3S/c1-15(2,3)8-5-9-17-11-16(4)14-10-12(21(18,19)20)6-7-13(14)17/h6-7,10-11H,5,8-9H2,1-4H3/p+1. The van der Waals surface area contributed by atoms with Crippen LogP contribution in [0.3, 0.4) is 0 Å². The summed E-state index contributed by atoms with van der Waals surface area (Å²) in [5.74, 6) is 0. The van der Waals surface area contributed by atoms with Gasteiger partial charge in [0.15, 0.2) is 11.0 Å². The molecule has 0 saturated carbocycles. The molecule has 0 fully saturated rings. The largest absolute Gasteiger partial charge is 0.294 e. The number of fused-ring (bicyclic) bond motifs is 1. The number of nitrogens with zero attached hydrogens (tertiary/aromatic N) is 2. The van der Waals surface area contributed by atoms with Crippen LogP contribution in [0, 0.1) is 5.41 Å². The molecule has 0 saturated heterocycles. The van der Waals surface area contributed by atoms with Crippen LogP contribution in [0.25, 0.3) is 11.0 Å². The number of rotatable bonds is 4. The Morgan fingerprint density at radius 1 is 1.29 bits per heavy atom. The van der Waals surface area contributed by atoms with E-state index in [1.807, 2.05) is 17.9 Å². The van der Waals surface area contributed by atoms with Crippen LogP contribution in [-0.4, -0.2) is 17.5 Å². The first kappa shape index (κ1) is 16.0. The van der Waals surface area contributed by atoms with E-state index < -0.39 is 10.1 Å². The lowest BCUT2D eigenvalue weighted by molar-refractivity contribution is -0.672. The number of aryl methyl sites for hydroxylation is 2. The zero-order chi connectivity index (χ0) is 15.8. The van der Waals surface area contributed by atoms with Gasteiger partial charge in [-0.25, -0.2) is 9.13 Å². The Balaban J connectivity index is 2.31. The van der Waals surface area contributed by atoms with E-state index in [1.54, 1.807) is 6.07 Å². The number of hydrogen-bond donors (Lipinski definition) is 1. The minimum Gasteiger partial charge on any atom is -0.282 e. The average molecular weight is 311 g/mol. The van der Waals surface area contributed by atoms with Gasteiger partial charge in [-0.05, 0) is 30.4 Å². The number of imidazole rings is 1. The Bertz CT molecular complexity index is 755. The Labute approximate surface area is 126 Å². The van der Waals surface area contributed by atoms with Crippen molar-refractivity contribution in [2.45, 2.75) is 45.1 Å². The van der Waals surface area contributed by atoms with Gasteiger partial charge in [0.25, 0.3) is 10.1 Å². The number of benzene rings is 1. The Hall–Kier alpha value is -1.40. The van der Waals surface area contributed by atoms with Gasteiger partial charge in [0.05, 0.1) is 18.5 Å². The van der Waals surface area contributed by atoms with Crippen molar-refractivity contribution in [3.8, 4) is 0 Å². The van der Waals surface area contributed by atoms with E-state index in [2.05, 4.69) is 25.3 Å². The molecule has 5 nitrogen and oxygen atoms in total. The quantitative estimate of drug-likeness (QED) is 0.697. The topological polar surface area (TPSA) is 63.2 Å². The van der Waals surface area contributed by atoms with Crippen LogP contribution in [0.15, 0.2) is 29.4 Å². The van der Waals surface area contributed by atoms with Crippen LogP contribution < -0.4 is 4.57 Å². The molecule has 1 aromatic heterocycles. The minimum atomic E-state index is -4.16. The molecular formula is C15H23N2O3S+. The number of aromatic nitrogens is 2. The second-order valence-electron chi connectivity index (χ2n) is 6.71. The molecule has 0 radical (unpaired) electrons. The van der Waals surface area contributed by atoms with Gasteiger partial charge in [-0.3, -0.25) is 4.55 Å². The maximum absolute atomic E-state index is 11.2. The van der Waals surface area contributed by atoms with Crippen LogP contribution in [0.4, 0.5) is 0 Å². The van der Waals surface area contributed by atoms with E-state index in [-0.39, 0.29) is 4.90 Å². The van der Waals surface area contributed by atoms with Crippen molar-refractivity contribution in [1.82, 2.24) is 4.57 Å². The Morgan fingerprint density at radius 2 is 1.95 bits per heavy atom. The molecule has 0 unspecified atom stereocenters. The predicted molar refractivity (Wildman–Crippen MR) is 81.6 cm³/mol. The summed E-state index contributed by atoms with van der Waals surface area (Å²) in [7, 11) is -2.29. The lowest BCUT2D eigenvalue weighted by atomic mass is 9.91. The SMILES string of the molecule is Cn1c[n+](CCCC(C)(C)C)c2ccc(S(=O)(=O)O)cc21. The molecule has 116 valence electrons. The van der Waals surface area contributed by atoms with Crippen molar-refractivity contribution in [1.29, 1.82) is 0 Å². The van der Waals surface area contributed by atoms with Crippen LogP contribution >= 0.6 is 0 Å². The second-order valence-corrected chi connectivity index (χ2v) is 8.13. The first-order chi connectivity index (χ1) is 9.58. The lowest BCUT2D eigenvalue weighted by Crippen LogP contribution is -2.32. The van der Waals surface area contributed by atoms with Gasteiger partial charge in [0.1, 0.15) is 0 Å².